The number of aromatic nitrogens is 2. The molecule has 0 aliphatic carbocycles. The summed E-state index contributed by atoms with van der Waals surface area (Å²) in [6.07, 6.45) is 0.0104. The van der Waals surface area contributed by atoms with Crippen molar-refractivity contribution in [2.24, 2.45) is 0 Å². The molecule has 2 aromatic heterocycles. The minimum Gasteiger partial charge on any atom is -0.464 e. The molecule has 0 unspecified atom stereocenters. The number of halogens is 1. The Morgan fingerprint density at radius 1 is 1.19 bits per heavy atom. The maximum Gasteiger partial charge on any atom is 0.419 e. The molecular formula is C15H9ClN2O3. The fourth-order valence-electron chi connectivity index (χ4n) is 2.22. The van der Waals surface area contributed by atoms with Gasteiger partial charge in [-0.3, -0.25) is 4.79 Å². The molecule has 0 atom stereocenters. The third-order valence-electron chi connectivity index (χ3n) is 3.16. The van der Waals surface area contributed by atoms with Crippen molar-refractivity contribution in [2.75, 3.05) is 0 Å². The second kappa shape index (κ2) is 5.03. The van der Waals surface area contributed by atoms with Gasteiger partial charge in [0.25, 0.3) is 5.56 Å². The van der Waals surface area contributed by atoms with Gasteiger partial charge in [-0.2, -0.15) is 0 Å². The van der Waals surface area contributed by atoms with Crippen LogP contribution < -0.4 is 5.56 Å². The topological polar surface area (TPSA) is 72.2 Å². The van der Waals surface area contributed by atoms with Gasteiger partial charge in [0.1, 0.15) is 5.15 Å². The van der Waals surface area contributed by atoms with Crippen molar-refractivity contribution in [3.8, 4) is 11.1 Å². The second-order valence-electron chi connectivity index (χ2n) is 4.38. The third-order valence-corrected chi connectivity index (χ3v) is 3.46. The van der Waals surface area contributed by atoms with E-state index in [0.29, 0.717) is 15.5 Å². The Hall–Kier alpha value is -2.66. The fourth-order valence-corrected chi connectivity index (χ4v) is 2.42. The lowest BCUT2D eigenvalue weighted by Crippen LogP contribution is -2.27. The number of hydrogen-bond acceptors (Lipinski definition) is 3. The molecule has 0 saturated carbocycles. The summed E-state index contributed by atoms with van der Waals surface area (Å²) in [4.78, 5) is 27.8. The van der Waals surface area contributed by atoms with Crippen molar-refractivity contribution < 1.29 is 9.90 Å². The molecule has 1 aromatic carbocycles. The van der Waals surface area contributed by atoms with Crippen LogP contribution in [0.25, 0.3) is 22.0 Å². The van der Waals surface area contributed by atoms with Gasteiger partial charge in [0.2, 0.25) is 0 Å². The van der Waals surface area contributed by atoms with Crippen LogP contribution in [0.3, 0.4) is 0 Å². The zero-order valence-electron chi connectivity index (χ0n) is 10.7. The van der Waals surface area contributed by atoms with Crippen molar-refractivity contribution in [1.29, 1.82) is 0 Å². The Morgan fingerprint density at radius 2 is 1.90 bits per heavy atom. The van der Waals surface area contributed by atoms with Crippen LogP contribution in [0.5, 0.6) is 0 Å². The van der Waals surface area contributed by atoms with E-state index in [0.717, 1.165) is 0 Å². The lowest BCUT2D eigenvalue weighted by atomic mass is 10.1. The summed E-state index contributed by atoms with van der Waals surface area (Å²) in [5.74, 6) is 0. The smallest absolute Gasteiger partial charge is 0.419 e. The summed E-state index contributed by atoms with van der Waals surface area (Å²) in [7, 11) is 0. The van der Waals surface area contributed by atoms with Crippen LogP contribution in [-0.2, 0) is 0 Å². The molecule has 0 spiro atoms. The Labute approximate surface area is 124 Å². The molecule has 2 heterocycles. The highest BCUT2D eigenvalue weighted by Gasteiger charge is 2.16. The predicted octanol–water partition coefficient (Wildman–Crippen LogP) is 3.24. The number of hydrogen-bond donors (Lipinski definition) is 1. The van der Waals surface area contributed by atoms with Crippen LogP contribution in [-0.4, -0.2) is 20.8 Å². The van der Waals surface area contributed by atoms with Gasteiger partial charge in [0.05, 0.1) is 5.52 Å². The van der Waals surface area contributed by atoms with E-state index in [9.17, 15) is 14.7 Å². The molecular weight excluding hydrogens is 292 g/mol. The Bertz CT molecular complexity index is 904. The quantitative estimate of drug-likeness (QED) is 0.700. The highest BCUT2D eigenvalue weighted by Crippen LogP contribution is 2.25. The summed E-state index contributed by atoms with van der Waals surface area (Å²) >= 11 is 6.03. The highest BCUT2D eigenvalue weighted by molar-refractivity contribution is 6.34. The van der Waals surface area contributed by atoms with E-state index >= 15 is 0 Å². The largest absolute Gasteiger partial charge is 0.464 e. The number of nitrogens with zero attached hydrogens (tertiary/aromatic N) is 2. The third kappa shape index (κ3) is 2.17. The number of carbonyl (C=O) groups is 1. The summed E-state index contributed by atoms with van der Waals surface area (Å²) in [6.45, 7) is 0. The molecule has 3 rings (SSSR count). The SMILES string of the molecule is O=C(O)n1c(=O)c(-c2ccccc2)cc2c(Cl)nccc21. The minimum absolute atomic E-state index is 0.152. The lowest BCUT2D eigenvalue weighted by Gasteiger charge is -2.09. The normalized spacial score (nSPS) is 10.7. The van der Waals surface area contributed by atoms with Crippen molar-refractivity contribution in [3.63, 3.8) is 0 Å². The van der Waals surface area contributed by atoms with Gasteiger partial charge in [0, 0.05) is 17.1 Å². The van der Waals surface area contributed by atoms with Crippen LogP contribution in [0.15, 0.2) is 53.5 Å². The summed E-state index contributed by atoms with van der Waals surface area (Å²) in [6, 6.07) is 11.9. The van der Waals surface area contributed by atoms with Gasteiger partial charge in [0.15, 0.2) is 0 Å². The van der Waals surface area contributed by atoms with Crippen LogP contribution in [0.1, 0.15) is 0 Å². The first-order valence-electron chi connectivity index (χ1n) is 6.08. The van der Waals surface area contributed by atoms with E-state index < -0.39 is 11.7 Å². The maximum absolute atomic E-state index is 12.5. The highest BCUT2D eigenvalue weighted by atomic mass is 35.5. The molecule has 5 nitrogen and oxygen atoms in total. The molecule has 0 bridgehead atoms. The predicted molar refractivity (Wildman–Crippen MR) is 79.9 cm³/mol. The molecule has 0 aliphatic heterocycles. The summed E-state index contributed by atoms with van der Waals surface area (Å²) in [5.41, 5.74) is 0.496. The molecule has 0 saturated heterocycles. The van der Waals surface area contributed by atoms with Crippen LogP contribution in [0, 0.1) is 0 Å². The number of rotatable bonds is 1. The summed E-state index contributed by atoms with van der Waals surface area (Å²) in [5, 5.41) is 9.89. The van der Waals surface area contributed by atoms with Crippen LogP contribution in [0.2, 0.25) is 5.15 Å². The van der Waals surface area contributed by atoms with Gasteiger partial charge in [-0.1, -0.05) is 41.9 Å². The number of fused-ring (bicyclic) bond motifs is 1. The molecule has 104 valence electrons. The van der Waals surface area contributed by atoms with Crippen molar-refractivity contribution in [1.82, 2.24) is 9.55 Å². The van der Waals surface area contributed by atoms with E-state index in [1.54, 1.807) is 30.3 Å². The van der Waals surface area contributed by atoms with Crippen LogP contribution >= 0.6 is 11.6 Å². The Kier molecular flexibility index (Phi) is 3.19. The van der Waals surface area contributed by atoms with E-state index in [1.807, 2.05) is 6.07 Å². The molecule has 6 heteroatoms. The van der Waals surface area contributed by atoms with Gasteiger partial charge in [-0.25, -0.2) is 14.3 Å². The first kappa shape index (κ1) is 13.3. The average Bonchev–Trinajstić information content (AvgIpc) is 2.47. The Balaban J connectivity index is 2.48. The van der Waals surface area contributed by atoms with Crippen LogP contribution in [0.4, 0.5) is 4.79 Å². The number of carboxylic acid groups (broad SMARTS) is 1. The molecule has 0 aliphatic rings. The van der Waals surface area contributed by atoms with Gasteiger partial charge in [-0.05, 0) is 17.7 Å². The first-order chi connectivity index (χ1) is 10.1. The fraction of sp³-hybridized carbons (Fsp3) is 0. The first-order valence-corrected chi connectivity index (χ1v) is 6.46. The molecule has 21 heavy (non-hydrogen) atoms. The van der Waals surface area contributed by atoms with Crippen molar-refractivity contribution in [3.05, 3.63) is 64.2 Å². The number of benzene rings is 1. The standard InChI is InChI=1S/C15H9ClN2O3/c16-13-11-8-10(9-4-2-1-3-5-9)14(19)18(15(20)21)12(11)6-7-17-13/h1-8H,(H,20,21). The van der Waals surface area contributed by atoms with Gasteiger partial charge in [-0.15, -0.1) is 0 Å². The Morgan fingerprint density at radius 3 is 2.57 bits per heavy atom. The van der Waals surface area contributed by atoms with Crippen molar-refractivity contribution in [2.45, 2.75) is 0 Å². The zero-order chi connectivity index (χ0) is 15.0. The average molecular weight is 301 g/mol. The van der Waals surface area contributed by atoms with E-state index in [2.05, 4.69) is 4.98 Å². The van der Waals surface area contributed by atoms with E-state index in [-0.39, 0.29) is 16.2 Å². The van der Waals surface area contributed by atoms with E-state index in [4.69, 9.17) is 11.6 Å². The minimum atomic E-state index is -1.36. The molecule has 1 N–H and O–H groups in total. The molecule has 0 fully saturated rings. The number of pyridine rings is 2. The monoisotopic (exact) mass is 300 g/mol. The maximum atomic E-state index is 12.5. The molecule has 0 radical (unpaired) electrons. The second-order valence-corrected chi connectivity index (χ2v) is 4.74. The van der Waals surface area contributed by atoms with Gasteiger partial charge < -0.3 is 5.11 Å². The lowest BCUT2D eigenvalue weighted by molar-refractivity contribution is 0.196. The zero-order valence-corrected chi connectivity index (χ0v) is 11.4. The molecule has 3 aromatic rings. The summed E-state index contributed by atoms with van der Waals surface area (Å²) < 4.78 is 0.686. The molecule has 0 amide bonds. The van der Waals surface area contributed by atoms with Gasteiger partial charge >= 0.3 is 6.09 Å². The van der Waals surface area contributed by atoms with E-state index in [1.165, 1.54) is 12.3 Å². The van der Waals surface area contributed by atoms with Crippen molar-refractivity contribution >= 4 is 28.6 Å².